The summed E-state index contributed by atoms with van der Waals surface area (Å²) < 4.78 is 5.25. The summed E-state index contributed by atoms with van der Waals surface area (Å²) in [4.78, 5) is 48.9. The van der Waals surface area contributed by atoms with Crippen LogP contribution < -0.4 is 4.90 Å². The molecule has 0 fully saturated rings. The number of non-ortho nitro benzene ring substituents is 1. The number of fused-ring (bicyclic) bond motifs is 1. The third-order valence-electron chi connectivity index (χ3n) is 4.65. The van der Waals surface area contributed by atoms with Crippen molar-refractivity contribution in [2.75, 3.05) is 4.90 Å². The van der Waals surface area contributed by atoms with Crippen LogP contribution in [-0.2, 0) is 11.3 Å². The van der Waals surface area contributed by atoms with Gasteiger partial charge in [-0.1, -0.05) is 18.2 Å². The van der Waals surface area contributed by atoms with Crippen LogP contribution in [0.5, 0.6) is 0 Å². The number of carbonyl (C=O) groups is 3. The van der Waals surface area contributed by atoms with Crippen LogP contribution in [0.15, 0.2) is 72.8 Å². The molecule has 30 heavy (non-hydrogen) atoms. The van der Waals surface area contributed by atoms with Crippen LogP contribution in [0.2, 0.25) is 0 Å². The molecule has 1 aliphatic heterocycles. The topological polar surface area (TPSA) is 107 Å². The second kappa shape index (κ2) is 7.59. The molecule has 4 rings (SSSR count). The van der Waals surface area contributed by atoms with Gasteiger partial charge >= 0.3 is 5.97 Å². The van der Waals surface area contributed by atoms with E-state index in [4.69, 9.17) is 4.74 Å². The first-order valence-corrected chi connectivity index (χ1v) is 8.94. The lowest BCUT2D eigenvalue weighted by atomic mass is 10.1. The van der Waals surface area contributed by atoms with Gasteiger partial charge < -0.3 is 4.74 Å². The van der Waals surface area contributed by atoms with Crippen molar-refractivity contribution >= 4 is 29.2 Å². The molecule has 8 heteroatoms. The third kappa shape index (κ3) is 3.42. The van der Waals surface area contributed by atoms with Gasteiger partial charge in [-0.05, 0) is 48.0 Å². The number of imide groups is 1. The van der Waals surface area contributed by atoms with E-state index in [0.717, 1.165) is 4.90 Å². The molecule has 1 heterocycles. The highest BCUT2D eigenvalue weighted by atomic mass is 16.6. The highest BCUT2D eigenvalue weighted by Crippen LogP contribution is 2.29. The fourth-order valence-corrected chi connectivity index (χ4v) is 3.14. The van der Waals surface area contributed by atoms with Gasteiger partial charge in [0.2, 0.25) is 0 Å². The van der Waals surface area contributed by atoms with Gasteiger partial charge in [-0.15, -0.1) is 0 Å². The van der Waals surface area contributed by atoms with Gasteiger partial charge in [0, 0.05) is 12.1 Å². The summed E-state index contributed by atoms with van der Waals surface area (Å²) in [6, 6.07) is 18.2. The summed E-state index contributed by atoms with van der Waals surface area (Å²) in [5.41, 5.74) is 1.60. The highest BCUT2D eigenvalue weighted by molar-refractivity contribution is 6.34. The number of amides is 2. The van der Waals surface area contributed by atoms with E-state index in [2.05, 4.69) is 0 Å². The number of nitro benzene ring substituents is 1. The number of hydrogen-bond donors (Lipinski definition) is 0. The average Bonchev–Trinajstić information content (AvgIpc) is 3.03. The Morgan fingerprint density at radius 1 is 0.900 bits per heavy atom. The SMILES string of the molecule is O=C(OCc1ccc([N+](=O)[O-])cc1)c1cccc(N2C(=O)c3ccccc3C2=O)c1. The van der Waals surface area contributed by atoms with Crippen molar-refractivity contribution in [3.63, 3.8) is 0 Å². The minimum atomic E-state index is -0.646. The van der Waals surface area contributed by atoms with E-state index < -0.39 is 22.7 Å². The Labute approximate surface area is 170 Å². The molecule has 0 saturated heterocycles. The van der Waals surface area contributed by atoms with Crippen LogP contribution in [0, 0.1) is 10.1 Å². The van der Waals surface area contributed by atoms with Gasteiger partial charge in [-0.2, -0.15) is 0 Å². The number of benzene rings is 3. The zero-order valence-corrected chi connectivity index (χ0v) is 15.5. The lowest BCUT2D eigenvalue weighted by Crippen LogP contribution is -2.29. The number of carbonyl (C=O) groups excluding carboxylic acids is 3. The first-order chi connectivity index (χ1) is 14.5. The molecular weight excluding hydrogens is 388 g/mol. The van der Waals surface area contributed by atoms with Crippen molar-refractivity contribution in [1.29, 1.82) is 0 Å². The van der Waals surface area contributed by atoms with Gasteiger partial charge in [-0.3, -0.25) is 19.7 Å². The fraction of sp³-hybridized carbons (Fsp3) is 0.0455. The summed E-state index contributed by atoms with van der Waals surface area (Å²) in [5, 5.41) is 10.7. The average molecular weight is 402 g/mol. The molecule has 0 radical (unpaired) electrons. The molecule has 3 aromatic rings. The van der Waals surface area contributed by atoms with Gasteiger partial charge in [-0.25, -0.2) is 9.69 Å². The quantitative estimate of drug-likeness (QED) is 0.278. The Bertz CT molecular complexity index is 1150. The number of hydrogen-bond acceptors (Lipinski definition) is 6. The maximum absolute atomic E-state index is 12.6. The molecule has 0 unspecified atom stereocenters. The molecule has 0 aromatic heterocycles. The maximum atomic E-state index is 12.6. The van der Waals surface area contributed by atoms with E-state index >= 15 is 0 Å². The predicted octanol–water partition coefficient (Wildman–Crippen LogP) is 3.75. The number of nitro groups is 1. The van der Waals surface area contributed by atoms with E-state index in [-0.39, 0.29) is 23.5 Å². The molecular formula is C22H14N2O6. The number of rotatable bonds is 5. The Kier molecular flexibility index (Phi) is 4.81. The molecule has 0 aliphatic carbocycles. The molecule has 148 valence electrons. The third-order valence-corrected chi connectivity index (χ3v) is 4.65. The highest BCUT2D eigenvalue weighted by Gasteiger charge is 2.36. The minimum absolute atomic E-state index is 0.0567. The van der Waals surface area contributed by atoms with Gasteiger partial charge in [0.25, 0.3) is 17.5 Å². The van der Waals surface area contributed by atoms with Crippen molar-refractivity contribution in [2.24, 2.45) is 0 Å². The lowest BCUT2D eigenvalue weighted by molar-refractivity contribution is -0.384. The maximum Gasteiger partial charge on any atom is 0.338 e. The summed E-state index contributed by atoms with van der Waals surface area (Å²) in [7, 11) is 0. The van der Waals surface area contributed by atoms with Crippen molar-refractivity contribution in [1.82, 2.24) is 0 Å². The normalized spacial score (nSPS) is 12.6. The zero-order valence-electron chi connectivity index (χ0n) is 15.5. The van der Waals surface area contributed by atoms with Gasteiger partial charge in [0.15, 0.2) is 0 Å². The molecule has 3 aromatic carbocycles. The standard InChI is InChI=1S/C22H14N2O6/c25-20-18-6-1-2-7-19(18)21(26)23(20)17-5-3-4-15(12-17)22(27)30-13-14-8-10-16(11-9-14)24(28)29/h1-12H,13H2. The van der Waals surface area contributed by atoms with Crippen LogP contribution in [0.1, 0.15) is 36.6 Å². The monoisotopic (exact) mass is 402 g/mol. The summed E-state index contributed by atoms with van der Waals surface area (Å²) in [6.07, 6.45) is 0. The summed E-state index contributed by atoms with van der Waals surface area (Å²) in [5.74, 6) is -1.55. The summed E-state index contributed by atoms with van der Waals surface area (Å²) in [6.45, 7) is -0.0753. The van der Waals surface area contributed by atoms with Crippen molar-refractivity contribution in [3.05, 3.63) is 105 Å². The predicted molar refractivity (Wildman–Crippen MR) is 106 cm³/mol. The Hall–Kier alpha value is -4.33. The van der Waals surface area contributed by atoms with Crippen molar-refractivity contribution < 1.29 is 24.0 Å². The van der Waals surface area contributed by atoms with E-state index in [1.165, 1.54) is 36.4 Å². The number of ether oxygens (including phenoxy) is 1. The van der Waals surface area contributed by atoms with E-state index in [1.54, 1.807) is 36.4 Å². The number of anilines is 1. The van der Waals surface area contributed by atoms with Crippen LogP contribution in [0.25, 0.3) is 0 Å². The molecule has 0 saturated carbocycles. The van der Waals surface area contributed by atoms with E-state index in [1.807, 2.05) is 0 Å². The lowest BCUT2D eigenvalue weighted by Gasteiger charge is -2.15. The smallest absolute Gasteiger partial charge is 0.338 e. The van der Waals surface area contributed by atoms with E-state index in [9.17, 15) is 24.5 Å². The molecule has 0 atom stereocenters. The van der Waals surface area contributed by atoms with Crippen LogP contribution >= 0.6 is 0 Å². The molecule has 2 amide bonds. The molecule has 0 bridgehead atoms. The largest absolute Gasteiger partial charge is 0.457 e. The van der Waals surface area contributed by atoms with Crippen molar-refractivity contribution in [2.45, 2.75) is 6.61 Å². The van der Waals surface area contributed by atoms with E-state index in [0.29, 0.717) is 16.7 Å². The minimum Gasteiger partial charge on any atom is -0.457 e. The molecule has 1 aliphatic rings. The molecule has 8 nitrogen and oxygen atoms in total. The first-order valence-electron chi connectivity index (χ1n) is 8.94. The second-order valence-electron chi connectivity index (χ2n) is 6.54. The Morgan fingerprint density at radius 2 is 1.53 bits per heavy atom. The second-order valence-corrected chi connectivity index (χ2v) is 6.54. The fourth-order valence-electron chi connectivity index (χ4n) is 3.14. The van der Waals surface area contributed by atoms with Gasteiger partial charge in [0.05, 0.1) is 27.3 Å². The number of nitrogens with zero attached hydrogens (tertiary/aromatic N) is 2. The number of esters is 1. The van der Waals surface area contributed by atoms with Crippen LogP contribution in [0.4, 0.5) is 11.4 Å². The van der Waals surface area contributed by atoms with Crippen molar-refractivity contribution in [3.8, 4) is 0 Å². The zero-order chi connectivity index (χ0) is 21.3. The molecule has 0 N–H and O–H groups in total. The summed E-state index contributed by atoms with van der Waals surface area (Å²) >= 11 is 0. The van der Waals surface area contributed by atoms with Crippen LogP contribution in [0.3, 0.4) is 0 Å². The van der Waals surface area contributed by atoms with Crippen LogP contribution in [-0.4, -0.2) is 22.7 Å². The van der Waals surface area contributed by atoms with Gasteiger partial charge in [0.1, 0.15) is 6.61 Å². The molecule has 0 spiro atoms. The Balaban J connectivity index is 1.50. The first kappa shape index (κ1) is 19.0. The Morgan fingerprint density at radius 3 is 2.13 bits per heavy atom.